The number of rotatable bonds is 1. The highest BCUT2D eigenvalue weighted by Gasteiger charge is 2.45. The Balaban J connectivity index is 2.16. The van der Waals surface area contributed by atoms with Crippen molar-refractivity contribution in [1.29, 1.82) is 0 Å². The van der Waals surface area contributed by atoms with Crippen molar-refractivity contribution in [3.05, 3.63) is 64.7 Å². The van der Waals surface area contributed by atoms with Gasteiger partial charge in [-0.25, -0.2) is 4.99 Å². The molecule has 3 rings (SSSR count). The van der Waals surface area contributed by atoms with Crippen LogP contribution in [0.5, 0.6) is 0 Å². The fourth-order valence-corrected chi connectivity index (χ4v) is 2.23. The molecule has 18 heavy (non-hydrogen) atoms. The molecular formula is C14H8ClF2N. The van der Waals surface area contributed by atoms with Crippen LogP contribution in [0.1, 0.15) is 11.1 Å². The molecule has 0 bridgehead atoms. The van der Waals surface area contributed by atoms with Crippen molar-refractivity contribution < 1.29 is 8.78 Å². The quantitative estimate of drug-likeness (QED) is 0.715. The zero-order chi connectivity index (χ0) is 12.8. The minimum atomic E-state index is -3.07. The molecule has 0 aromatic heterocycles. The van der Waals surface area contributed by atoms with Crippen LogP contribution in [0.3, 0.4) is 0 Å². The second-order valence-electron chi connectivity index (χ2n) is 4.06. The lowest BCUT2D eigenvalue weighted by molar-refractivity contribution is 0.0810. The van der Waals surface area contributed by atoms with Gasteiger partial charge in [-0.1, -0.05) is 41.9 Å². The molecular weight excluding hydrogens is 256 g/mol. The standard InChI is InChI=1S/C14H8ClF2N/c15-10-5-3-4-9(8-10)13-14(16,17)11-6-1-2-7-12(11)18-13/h1-8H. The van der Waals surface area contributed by atoms with Crippen molar-refractivity contribution in [2.45, 2.75) is 5.92 Å². The van der Waals surface area contributed by atoms with Crippen LogP contribution in [0.4, 0.5) is 14.5 Å². The molecule has 0 N–H and O–H groups in total. The van der Waals surface area contributed by atoms with Gasteiger partial charge < -0.3 is 0 Å². The summed E-state index contributed by atoms with van der Waals surface area (Å²) in [7, 11) is 0. The molecule has 0 atom stereocenters. The average molecular weight is 264 g/mol. The second kappa shape index (κ2) is 3.89. The van der Waals surface area contributed by atoms with Crippen LogP contribution in [0.15, 0.2) is 53.5 Å². The van der Waals surface area contributed by atoms with Gasteiger partial charge in [-0.3, -0.25) is 0 Å². The molecule has 1 aliphatic rings. The van der Waals surface area contributed by atoms with Crippen molar-refractivity contribution in [3.63, 3.8) is 0 Å². The SMILES string of the molecule is FC1(F)C(c2cccc(Cl)c2)=Nc2ccccc21. The Kier molecular flexibility index (Phi) is 2.45. The minimum absolute atomic E-state index is 0.0556. The van der Waals surface area contributed by atoms with Crippen LogP contribution >= 0.6 is 11.6 Å². The van der Waals surface area contributed by atoms with Crippen LogP contribution in [-0.4, -0.2) is 5.71 Å². The molecule has 90 valence electrons. The number of nitrogens with zero attached hydrogens (tertiary/aromatic N) is 1. The molecule has 0 spiro atoms. The Morgan fingerprint density at radius 3 is 2.50 bits per heavy atom. The Morgan fingerprint density at radius 2 is 1.78 bits per heavy atom. The number of para-hydroxylation sites is 1. The number of aliphatic imine (C=N–C) groups is 1. The van der Waals surface area contributed by atoms with Crippen LogP contribution in [0.2, 0.25) is 5.02 Å². The van der Waals surface area contributed by atoms with E-state index in [1.165, 1.54) is 12.1 Å². The monoisotopic (exact) mass is 263 g/mol. The molecule has 1 heterocycles. The molecule has 4 heteroatoms. The van der Waals surface area contributed by atoms with Gasteiger partial charge in [0.1, 0.15) is 5.71 Å². The minimum Gasteiger partial charge on any atom is -0.246 e. The summed E-state index contributed by atoms with van der Waals surface area (Å²) in [5.41, 5.74) is 0.368. The van der Waals surface area contributed by atoms with E-state index in [2.05, 4.69) is 4.99 Å². The van der Waals surface area contributed by atoms with E-state index in [1.807, 2.05) is 0 Å². The molecule has 1 nitrogen and oxygen atoms in total. The van der Waals surface area contributed by atoms with Gasteiger partial charge in [0.05, 0.1) is 11.3 Å². The zero-order valence-electron chi connectivity index (χ0n) is 9.20. The molecule has 0 unspecified atom stereocenters. The van der Waals surface area contributed by atoms with Gasteiger partial charge in [0, 0.05) is 10.6 Å². The zero-order valence-corrected chi connectivity index (χ0v) is 9.96. The summed E-state index contributed by atoms with van der Waals surface area (Å²) < 4.78 is 28.5. The van der Waals surface area contributed by atoms with E-state index >= 15 is 0 Å². The normalized spacial score (nSPS) is 16.3. The lowest BCUT2D eigenvalue weighted by Gasteiger charge is -2.13. The van der Waals surface area contributed by atoms with Gasteiger partial charge in [-0.05, 0) is 18.2 Å². The van der Waals surface area contributed by atoms with Crippen molar-refractivity contribution in [1.82, 2.24) is 0 Å². The summed E-state index contributed by atoms with van der Waals surface area (Å²) in [4.78, 5) is 4.02. The predicted octanol–water partition coefficient (Wildman–Crippen LogP) is 4.57. The highest BCUT2D eigenvalue weighted by molar-refractivity contribution is 6.31. The molecule has 1 aliphatic heterocycles. The summed E-state index contributed by atoms with van der Waals surface area (Å²) >= 11 is 5.83. The van der Waals surface area contributed by atoms with E-state index in [-0.39, 0.29) is 11.3 Å². The van der Waals surface area contributed by atoms with Gasteiger partial charge in [0.2, 0.25) is 0 Å². The maximum absolute atomic E-state index is 14.2. The van der Waals surface area contributed by atoms with Gasteiger partial charge >= 0.3 is 5.92 Å². The Morgan fingerprint density at radius 1 is 1.00 bits per heavy atom. The maximum atomic E-state index is 14.2. The van der Waals surface area contributed by atoms with E-state index in [1.54, 1.807) is 36.4 Å². The Bertz CT molecular complexity index is 650. The number of benzene rings is 2. The van der Waals surface area contributed by atoms with Crippen LogP contribution in [0, 0.1) is 0 Å². The molecule has 2 aromatic carbocycles. The van der Waals surface area contributed by atoms with Crippen molar-refractivity contribution in [2.24, 2.45) is 4.99 Å². The van der Waals surface area contributed by atoms with Gasteiger partial charge in [0.25, 0.3) is 0 Å². The third-order valence-corrected chi connectivity index (χ3v) is 3.11. The van der Waals surface area contributed by atoms with E-state index in [9.17, 15) is 8.78 Å². The fourth-order valence-electron chi connectivity index (χ4n) is 2.04. The van der Waals surface area contributed by atoms with E-state index in [0.29, 0.717) is 16.3 Å². The van der Waals surface area contributed by atoms with Gasteiger partial charge in [0.15, 0.2) is 0 Å². The van der Waals surface area contributed by atoms with Crippen LogP contribution < -0.4 is 0 Å². The molecule has 0 amide bonds. The maximum Gasteiger partial charge on any atom is 0.317 e. The highest BCUT2D eigenvalue weighted by Crippen LogP contribution is 2.44. The Hall–Kier alpha value is -1.74. The van der Waals surface area contributed by atoms with E-state index < -0.39 is 5.92 Å². The first-order chi connectivity index (χ1) is 8.59. The number of alkyl halides is 2. The number of hydrogen-bond acceptors (Lipinski definition) is 1. The molecule has 0 aliphatic carbocycles. The van der Waals surface area contributed by atoms with E-state index in [4.69, 9.17) is 11.6 Å². The molecule has 0 saturated heterocycles. The number of hydrogen-bond donors (Lipinski definition) is 0. The number of fused-ring (bicyclic) bond motifs is 1. The lowest BCUT2D eigenvalue weighted by Crippen LogP contribution is -2.23. The van der Waals surface area contributed by atoms with Crippen LogP contribution in [0.25, 0.3) is 0 Å². The van der Waals surface area contributed by atoms with Gasteiger partial charge in [-0.15, -0.1) is 0 Å². The first-order valence-corrected chi connectivity index (χ1v) is 5.79. The van der Waals surface area contributed by atoms with Crippen molar-refractivity contribution >= 4 is 23.0 Å². The smallest absolute Gasteiger partial charge is 0.246 e. The summed E-state index contributed by atoms with van der Waals surface area (Å²) in [5.74, 6) is -3.07. The van der Waals surface area contributed by atoms with Crippen LogP contribution in [-0.2, 0) is 5.92 Å². The third-order valence-electron chi connectivity index (χ3n) is 2.87. The summed E-state index contributed by atoms with van der Waals surface area (Å²) in [6.45, 7) is 0. The summed E-state index contributed by atoms with van der Waals surface area (Å²) in [6.07, 6.45) is 0. The first kappa shape index (κ1) is 11.4. The van der Waals surface area contributed by atoms with Gasteiger partial charge in [-0.2, -0.15) is 8.78 Å². The molecule has 2 aromatic rings. The second-order valence-corrected chi connectivity index (χ2v) is 4.50. The topological polar surface area (TPSA) is 12.4 Å². The molecule has 0 saturated carbocycles. The number of halogens is 3. The average Bonchev–Trinajstić information content (AvgIpc) is 2.62. The lowest BCUT2D eigenvalue weighted by atomic mass is 10.0. The third kappa shape index (κ3) is 1.63. The first-order valence-electron chi connectivity index (χ1n) is 5.41. The predicted molar refractivity (Wildman–Crippen MR) is 68.0 cm³/mol. The summed E-state index contributed by atoms with van der Waals surface area (Å²) in [6, 6.07) is 12.6. The molecule has 0 fully saturated rings. The van der Waals surface area contributed by atoms with Crippen molar-refractivity contribution in [2.75, 3.05) is 0 Å². The van der Waals surface area contributed by atoms with E-state index in [0.717, 1.165) is 0 Å². The molecule has 0 radical (unpaired) electrons. The van der Waals surface area contributed by atoms with Crippen molar-refractivity contribution in [3.8, 4) is 0 Å². The largest absolute Gasteiger partial charge is 0.317 e. The highest BCUT2D eigenvalue weighted by atomic mass is 35.5. The fraction of sp³-hybridized carbons (Fsp3) is 0.0714. The summed E-state index contributed by atoms with van der Waals surface area (Å²) in [5, 5.41) is 0.418. The Labute approximate surface area is 108 Å².